The summed E-state index contributed by atoms with van der Waals surface area (Å²) in [4.78, 5) is 0. The molecule has 0 aliphatic rings. The van der Waals surface area contributed by atoms with Crippen LogP contribution < -0.4 is 11.1 Å². The first-order valence-corrected chi connectivity index (χ1v) is 5.41. The molecule has 1 rings (SSSR count). The van der Waals surface area contributed by atoms with Gasteiger partial charge in [0.15, 0.2) is 0 Å². The maximum Gasteiger partial charge on any atom is 0.148 e. The molecule has 0 radical (unpaired) electrons. The number of aromatic nitrogens is 2. The molecule has 0 aliphatic carbocycles. The molecule has 1 unspecified atom stereocenters. The lowest BCUT2D eigenvalue weighted by Gasteiger charge is -2.10. The Balaban J connectivity index is 2.50. The second-order valence-corrected chi connectivity index (χ2v) is 4.22. The summed E-state index contributed by atoms with van der Waals surface area (Å²) in [7, 11) is 0. The number of nitrogens with two attached hydrogens (primary N) is 1. The van der Waals surface area contributed by atoms with Crippen molar-refractivity contribution >= 4 is 5.82 Å². The molecule has 4 heteroatoms. The van der Waals surface area contributed by atoms with E-state index in [1.54, 1.807) is 0 Å². The Hall–Kier alpha value is -1.16. The second-order valence-electron chi connectivity index (χ2n) is 4.22. The van der Waals surface area contributed by atoms with Gasteiger partial charge in [-0.1, -0.05) is 20.8 Å². The van der Waals surface area contributed by atoms with E-state index in [1.165, 1.54) is 0 Å². The average molecular weight is 208 g/mol. The number of hydrogen-bond donors (Lipinski definition) is 2. The van der Waals surface area contributed by atoms with Crippen molar-refractivity contribution in [2.75, 3.05) is 18.4 Å². The molecule has 1 aromatic heterocycles. The van der Waals surface area contributed by atoms with Gasteiger partial charge in [0, 0.05) is 6.54 Å². The molecule has 0 saturated carbocycles. The van der Waals surface area contributed by atoms with Crippen LogP contribution in [0.25, 0.3) is 0 Å². The number of rotatable bonds is 5. The number of anilines is 1. The first kappa shape index (κ1) is 11.9. The van der Waals surface area contributed by atoms with Crippen LogP contribution in [0.1, 0.15) is 32.4 Å². The summed E-state index contributed by atoms with van der Waals surface area (Å²) < 4.78 is 0. The van der Waals surface area contributed by atoms with Crippen molar-refractivity contribution < 1.29 is 0 Å². The van der Waals surface area contributed by atoms with Gasteiger partial charge in [-0.05, 0) is 30.5 Å². The molecular weight excluding hydrogens is 188 g/mol. The summed E-state index contributed by atoms with van der Waals surface area (Å²) in [6, 6.07) is 3.97. The lowest BCUT2D eigenvalue weighted by atomic mass is 10.1. The number of hydrogen-bond acceptors (Lipinski definition) is 4. The van der Waals surface area contributed by atoms with Gasteiger partial charge in [0.25, 0.3) is 0 Å². The van der Waals surface area contributed by atoms with Crippen LogP contribution in [0.5, 0.6) is 0 Å². The molecule has 0 bridgehead atoms. The Kier molecular flexibility index (Phi) is 4.49. The second kappa shape index (κ2) is 5.66. The van der Waals surface area contributed by atoms with E-state index in [-0.39, 0.29) is 0 Å². The summed E-state index contributed by atoms with van der Waals surface area (Å²) in [5, 5.41) is 11.5. The van der Waals surface area contributed by atoms with Gasteiger partial charge >= 0.3 is 0 Å². The molecule has 15 heavy (non-hydrogen) atoms. The minimum Gasteiger partial charge on any atom is -0.368 e. The first-order valence-electron chi connectivity index (χ1n) is 5.41. The van der Waals surface area contributed by atoms with Crippen LogP contribution in [0, 0.1) is 5.92 Å². The Morgan fingerprint density at radius 3 is 2.47 bits per heavy atom. The van der Waals surface area contributed by atoms with Crippen molar-refractivity contribution in [1.82, 2.24) is 10.2 Å². The maximum absolute atomic E-state index is 5.52. The predicted molar refractivity (Wildman–Crippen MR) is 62.8 cm³/mol. The van der Waals surface area contributed by atoms with Gasteiger partial charge < -0.3 is 11.1 Å². The van der Waals surface area contributed by atoms with Crippen molar-refractivity contribution in [3.05, 3.63) is 17.8 Å². The van der Waals surface area contributed by atoms with Crippen LogP contribution in [-0.2, 0) is 0 Å². The molecule has 0 spiro atoms. The molecule has 1 atom stereocenters. The quantitative estimate of drug-likeness (QED) is 0.771. The molecule has 84 valence electrons. The van der Waals surface area contributed by atoms with Gasteiger partial charge in [-0.3, -0.25) is 0 Å². The first-order chi connectivity index (χ1) is 7.13. The van der Waals surface area contributed by atoms with E-state index in [1.807, 2.05) is 12.1 Å². The minimum absolute atomic E-state index is 0.425. The molecule has 3 N–H and O–H groups in total. The van der Waals surface area contributed by atoms with Crippen molar-refractivity contribution in [2.45, 2.75) is 26.7 Å². The third-order valence-electron chi connectivity index (χ3n) is 2.31. The highest BCUT2D eigenvalue weighted by Crippen LogP contribution is 2.11. The lowest BCUT2D eigenvalue weighted by molar-refractivity contribution is 0.625. The van der Waals surface area contributed by atoms with Gasteiger partial charge in [0.05, 0.1) is 5.69 Å². The Morgan fingerprint density at radius 2 is 2.00 bits per heavy atom. The van der Waals surface area contributed by atoms with Gasteiger partial charge in [0.1, 0.15) is 5.82 Å². The predicted octanol–water partition coefficient (Wildman–Crippen LogP) is 1.61. The fourth-order valence-electron chi connectivity index (χ4n) is 1.11. The van der Waals surface area contributed by atoms with Gasteiger partial charge in [-0.15, -0.1) is 5.10 Å². The third-order valence-corrected chi connectivity index (χ3v) is 2.31. The molecule has 1 heterocycles. The van der Waals surface area contributed by atoms with E-state index in [9.17, 15) is 0 Å². The van der Waals surface area contributed by atoms with Crippen molar-refractivity contribution in [3.63, 3.8) is 0 Å². The van der Waals surface area contributed by atoms with Crippen molar-refractivity contribution in [2.24, 2.45) is 11.7 Å². The minimum atomic E-state index is 0.425. The summed E-state index contributed by atoms with van der Waals surface area (Å²) in [6.45, 7) is 7.83. The van der Waals surface area contributed by atoms with E-state index < -0.39 is 0 Å². The van der Waals surface area contributed by atoms with Gasteiger partial charge in [-0.2, -0.15) is 5.10 Å². The summed E-state index contributed by atoms with van der Waals surface area (Å²) in [5.41, 5.74) is 6.54. The summed E-state index contributed by atoms with van der Waals surface area (Å²) in [6.07, 6.45) is 0. The van der Waals surface area contributed by atoms with Gasteiger partial charge in [0.2, 0.25) is 0 Å². The smallest absolute Gasteiger partial charge is 0.148 e. The van der Waals surface area contributed by atoms with E-state index in [2.05, 4.69) is 36.3 Å². The molecular formula is C11H20N4. The zero-order valence-corrected chi connectivity index (χ0v) is 9.70. The molecule has 0 fully saturated rings. The topological polar surface area (TPSA) is 63.8 Å². The third kappa shape index (κ3) is 3.83. The highest BCUT2D eigenvalue weighted by molar-refractivity contribution is 5.33. The molecule has 1 aromatic rings. The van der Waals surface area contributed by atoms with Crippen LogP contribution in [0.4, 0.5) is 5.82 Å². The SMILES string of the molecule is CC(CN)CNc1ccc(C(C)C)nn1. The van der Waals surface area contributed by atoms with Crippen molar-refractivity contribution in [1.29, 1.82) is 0 Å². The fourth-order valence-corrected chi connectivity index (χ4v) is 1.11. The van der Waals surface area contributed by atoms with Crippen LogP contribution >= 0.6 is 0 Å². The zero-order valence-electron chi connectivity index (χ0n) is 9.70. The normalized spacial score (nSPS) is 12.9. The molecule has 4 nitrogen and oxygen atoms in total. The maximum atomic E-state index is 5.52. The molecule has 0 saturated heterocycles. The Bertz CT molecular complexity index is 281. The van der Waals surface area contributed by atoms with Crippen LogP contribution in [0.3, 0.4) is 0 Å². The number of nitrogens with zero attached hydrogens (tertiary/aromatic N) is 2. The van der Waals surface area contributed by atoms with E-state index in [0.717, 1.165) is 18.1 Å². The summed E-state index contributed by atoms with van der Waals surface area (Å²) in [5.74, 6) is 1.70. The van der Waals surface area contributed by atoms with E-state index in [4.69, 9.17) is 5.73 Å². The summed E-state index contributed by atoms with van der Waals surface area (Å²) >= 11 is 0. The zero-order chi connectivity index (χ0) is 11.3. The van der Waals surface area contributed by atoms with Crippen molar-refractivity contribution in [3.8, 4) is 0 Å². The highest BCUT2D eigenvalue weighted by Gasteiger charge is 2.03. The monoisotopic (exact) mass is 208 g/mol. The molecule has 0 aromatic carbocycles. The van der Waals surface area contributed by atoms with Crippen LogP contribution in [0.15, 0.2) is 12.1 Å². The lowest BCUT2D eigenvalue weighted by Crippen LogP contribution is -2.20. The fraction of sp³-hybridized carbons (Fsp3) is 0.636. The van der Waals surface area contributed by atoms with Crippen LogP contribution in [-0.4, -0.2) is 23.3 Å². The highest BCUT2D eigenvalue weighted by atomic mass is 15.2. The standard InChI is InChI=1S/C11H20N4/c1-8(2)10-4-5-11(15-14-10)13-7-9(3)6-12/h4-5,8-9H,6-7,12H2,1-3H3,(H,13,15). The van der Waals surface area contributed by atoms with E-state index >= 15 is 0 Å². The Labute approximate surface area is 91.3 Å². The van der Waals surface area contributed by atoms with Crippen LogP contribution in [0.2, 0.25) is 0 Å². The number of nitrogens with one attached hydrogen (secondary N) is 1. The van der Waals surface area contributed by atoms with E-state index in [0.29, 0.717) is 18.4 Å². The Morgan fingerprint density at radius 1 is 1.27 bits per heavy atom. The molecule has 0 amide bonds. The molecule has 0 aliphatic heterocycles. The largest absolute Gasteiger partial charge is 0.368 e. The van der Waals surface area contributed by atoms with Gasteiger partial charge in [-0.25, -0.2) is 0 Å². The average Bonchev–Trinajstić information content (AvgIpc) is 2.26.